The Bertz CT molecular complexity index is 1340. The zero-order chi connectivity index (χ0) is 24.9. The monoisotopic (exact) mass is 471 g/mol. The van der Waals surface area contributed by atoms with Crippen LogP contribution in [0.2, 0.25) is 0 Å². The van der Waals surface area contributed by atoms with E-state index in [1.807, 2.05) is 24.3 Å². The molecular weight excluding hydrogens is 446 g/mol. The van der Waals surface area contributed by atoms with Crippen molar-refractivity contribution in [3.8, 4) is 39.5 Å². The van der Waals surface area contributed by atoms with Gasteiger partial charge in [0, 0.05) is 22.9 Å². The molecule has 0 spiro atoms. The summed E-state index contributed by atoms with van der Waals surface area (Å²) in [5.41, 5.74) is 3.60. The SMILES string of the molecule is COC(=O)c1c(-c2ccc(O)cc2)c(-c2ccc(OC)cc2)cn1CC(=O)c1ccc(OC)cc1. The third-order valence-electron chi connectivity index (χ3n) is 5.74. The second kappa shape index (κ2) is 10.2. The lowest BCUT2D eigenvalue weighted by Crippen LogP contribution is -2.16. The number of ether oxygens (including phenoxy) is 3. The number of carbonyl (C=O) groups excluding carboxylic acids is 2. The van der Waals surface area contributed by atoms with Crippen molar-refractivity contribution >= 4 is 11.8 Å². The van der Waals surface area contributed by atoms with E-state index in [9.17, 15) is 14.7 Å². The number of ketones is 1. The van der Waals surface area contributed by atoms with Gasteiger partial charge in [0.1, 0.15) is 22.9 Å². The van der Waals surface area contributed by atoms with E-state index in [0.29, 0.717) is 28.2 Å². The summed E-state index contributed by atoms with van der Waals surface area (Å²) in [5, 5.41) is 9.80. The summed E-state index contributed by atoms with van der Waals surface area (Å²) >= 11 is 0. The maximum absolute atomic E-state index is 13.1. The second-order valence-corrected chi connectivity index (χ2v) is 7.81. The van der Waals surface area contributed by atoms with Gasteiger partial charge < -0.3 is 23.9 Å². The average Bonchev–Trinajstić information content (AvgIpc) is 3.27. The zero-order valence-corrected chi connectivity index (χ0v) is 19.6. The quantitative estimate of drug-likeness (QED) is 0.280. The van der Waals surface area contributed by atoms with Gasteiger partial charge in [-0.3, -0.25) is 4.79 Å². The number of hydrogen-bond donors (Lipinski definition) is 1. The normalized spacial score (nSPS) is 10.6. The molecule has 0 saturated carbocycles. The molecule has 0 aliphatic rings. The molecule has 0 saturated heterocycles. The van der Waals surface area contributed by atoms with Gasteiger partial charge in [0.25, 0.3) is 0 Å². The molecule has 35 heavy (non-hydrogen) atoms. The van der Waals surface area contributed by atoms with Crippen LogP contribution >= 0.6 is 0 Å². The number of carbonyl (C=O) groups is 2. The Balaban J connectivity index is 1.87. The highest BCUT2D eigenvalue weighted by Gasteiger charge is 2.26. The van der Waals surface area contributed by atoms with Crippen molar-refractivity contribution in [2.75, 3.05) is 21.3 Å². The first-order chi connectivity index (χ1) is 16.9. The molecule has 0 amide bonds. The van der Waals surface area contributed by atoms with Gasteiger partial charge in [-0.05, 0) is 59.7 Å². The number of phenols is 1. The maximum atomic E-state index is 13.1. The molecule has 1 aromatic heterocycles. The number of phenolic OH excluding ortho intramolecular Hbond substituents is 1. The van der Waals surface area contributed by atoms with E-state index in [4.69, 9.17) is 14.2 Å². The predicted molar refractivity (Wildman–Crippen MR) is 132 cm³/mol. The number of methoxy groups -OCH3 is 3. The molecular formula is C28H25NO6. The molecule has 1 N–H and O–H groups in total. The second-order valence-electron chi connectivity index (χ2n) is 7.81. The fourth-order valence-electron chi connectivity index (χ4n) is 3.93. The van der Waals surface area contributed by atoms with Gasteiger partial charge in [-0.15, -0.1) is 0 Å². The summed E-state index contributed by atoms with van der Waals surface area (Å²) in [6.45, 7) is -0.0714. The van der Waals surface area contributed by atoms with Crippen LogP contribution in [-0.4, -0.2) is 42.8 Å². The number of rotatable bonds is 8. The molecule has 4 aromatic rings. The summed E-state index contributed by atoms with van der Waals surface area (Å²) in [6, 6.07) is 20.8. The van der Waals surface area contributed by atoms with Gasteiger partial charge >= 0.3 is 5.97 Å². The Kier molecular flexibility index (Phi) is 6.87. The lowest BCUT2D eigenvalue weighted by atomic mass is 9.96. The first-order valence-electron chi connectivity index (χ1n) is 10.9. The minimum atomic E-state index is -0.574. The first-order valence-corrected chi connectivity index (χ1v) is 10.9. The van der Waals surface area contributed by atoms with E-state index >= 15 is 0 Å². The third-order valence-corrected chi connectivity index (χ3v) is 5.74. The number of aromatic hydroxyl groups is 1. The van der Waals surface area contributed by atoms with Gasteiger partial charge in [0.15, 0.2) is 5.78 Å². The third kappa shape index (κ3) is 4.89. The van der Waals surface area contributed by atoms with E-state index in [1.54, 1.807) is 73.5 Å². The Labute approximate surface area is 203 Å². The molecule has 0 unspecified atom stereocenters. The van der Waals surface area contributed by atoms with E-state index in [1.165, 1.54) is 7.11 Å². The highest BCUT2D eigenvalue weighted by Crippen LogP contribution is 2.38. The molecule has 0 aliphatic carbocycles. The molecule has 0 bridgehead atoms. The van der Waals surface area contributed by atoms with Crippen LogP contribution in [0.3, 0.4) is 0 Å². The molecule has 3 aromatic carbocycles. The van der Waals surface area contributed by atoms with E-state index in [0.717, 1.165) is 11.1 Å². The maximum Gasteiger partial charge on any atom is 0.355 e. The van der Waals surface area contributed by atoms with Gasteiger partial charge in [0.2, 0.25) is 0 Å². The molecule has 0 fully saturated rings. The smallest absolute Gasteiger partial charge is 0.355 e. The Morgan fingerprint density at radius 2 is 1.31 bits per heavy atom. The Morgan fingerprint density at radius 1 is 0.771 bits per heavy atom. The van der Waals surface area contributed by atoms with Crippen LogP contribution < -0.4 is 9.47 Å². The lowest BCUT2D eigenvalue weighted by Gasteiger charge is -2.11. The summed E-state index contributed by atoms with van der Waals surface area (Å²) in [4.78, 5) is 26.1. The van der Waals surface area contributed by atoms with Crippen molar-refractivity contribution in [2.24, 2.45) is 0 Å². The topological polar surface area (TPSA) is 87.0 Å². The largest absolute Gasteiger partial charge is 0.508 e. The van der Waals surface area contributed by atoms with Crippen molar-refractivity contribution in [3.05, 3.63) is 90.3 Å². The number of benzene rings is 3. The highest BCUT2D eigenvalue weighted by atomic mass is 16.5. The molecule has 0 radical (unpaired) electrons. The van der Waals surface area contributed by atoms with Crippen molar-refractivity contribution in [1.82, 2.24) is 4.57 Å². The first kappa shape index (κ1) is 23.6. The fraction of sp³-hybridized carbons (Fsp3) is 0.143. The van der Waals surface area contributed by atoms with Crippen LogP contribution in [0.1, 0.15) is 20.8 Å². The van der Waals surface area contributed by atoms with Gasteiger partial charge in [-0.1, -0.05) is 24.3 Å². The summed E-state index contributed by atoms with van der Waals surface area (Å²) < 4.78 is 17.2. The van der Waals surface area contributed by atoms with E-state index < -0.39 is 5.97 Å². The van der Waals surface area contributed by atoms with Gasteiger partial charge in [-0.2, -0.15) is 0 Å². The molecule has 7 nitrogen and oxygen atoms in total. The van der Waals surface area contributed by atoms with E-state index in [-0.39, 0.29) is 23.8 Å². The summed E-state index contributed by atoms with van der Waals surface area (Å²) in [5.74, 6) is 0.701. The van der Waals surface area contributed by atoms with Crippen molar-refractivity contribution in [1.29, 1.82) is 0 Å². The highest BCUT2D eigenvalue weighted by molar-refractivity contribution is 6.03. The average molecular weight is 472 g/mol. The van der Waals surface area contributed by atoms with Crippen LogP contribution in [0.25, 0.3) is 22.3 Å². The van der Waals surface area contributed by atoms with Crippen molar-refractivity contribution < 1.29 is 28.9 Å². The van der Waals surface area contributed by atoms with Crippen molar-refractivity contribution in [2.45, 2.75) is 6.54 Å². The number of nitrogens with zero attached hydrogens (tertiary/aromatic N) is 1. The zero-order valence-electron chi connectivity index (χ0n) is 19.6. The van der Waals surface area contributed by atoms with Crippen LogP contribution in [0, 0.1) is 0 Å². The predicted octanol–water partition coefficient (Wildman–Crippen LogP) is 5.21. The van der Waals surface area contributed by atoms with Gasteiger partial charge in [-0.25, -0.2) is 4.79 Å². The molecule has 0 aliphatic heterocycles. The fourth-order valence-corrected chi connectivity index (χ4v) is 3.93. The minimum absolute atomic E-state index is 0.0714. The number of Topliss-reactive ketones (excluding diaryl/α,β-unsaturated/α-hetero) is 1. The Morgan fingerprint density at radius 3 is 1.86 bits per heavy atom. The van der Waals surface area contributed by atoms with Crippen LogP contribution in [-0.2, 0) is 11.3 Å². The molecule has 178 valence electrons. The molecule has 4 rings (SSSR count). The van der Waals surface area contributed by atoms with Gasteiger partial charge in [0.05, 0.1) is 27.9 Å². The Hall–Kier alpha value is -4.52. The van der Waals surface area contributed by atoms with Crippen LogP contribution in [0.5, 0.6) is 17.2 Å². The molecule has 1 heterocycles. The number of esters is 1. The lowest BCUT2D eigenvalue weighted by molar-refractivity contribution is 0.0589. The number of hydrogen-bond acceptors (Lipinski definition) is 6. The van der Waals surface area contributed by atoms with Crippen LogP contribution in [0.15, 0.2) is 79.0 Å². The van der Waals surface area contributed by atoms with E-state index in [2.05, 4.69) is 0 Å². The van der Waals surface area contributed by atoms with Crippen LogP contribution in [0.4, 0.5) is 0 Å². The molecule has 0 atom stereocenters. The minimum Gasteiger partial charge on any atom is -0.508 e. The standard InChI is InChI=1S/C28H25NO6/c1-33-22-12-6-18(7-13-22)24-16-29(17-25(31)19-8-14-23(34-2)15-9-19)27(28(32)35-3)26(24)20-4-10-21(30)11-5-20/h4-16,30H,17H2,1-3H3. The summed E-state index contributed by atoms with van der Waals surface area (Å²) in [6.07, 6.45) is 1.78. The number of aromatic nitrogens is 1. The summed E-state index contributed by atoms with van der Waals surface area (Å²) in [7, 11) is 4.46. The van der Waals surface area contributed by atoms with Crippen molar-refractivity contribution in [3.63, 3.8) is 0 Å². The molecule has 7 heteroatoms.